The monoisotopic (exact) mass is 244 g/mol. The van der Waals surface area contributed by atoms with Crippen LogP contribution in [0.3, 0.4) is 0 Å². The number of pyridine rings is 2. The minimum atomic E-state index is -0.496. The van der Waals surface area contributed by atoms with Gasteiger partial charge in [-0.05, 0) is 18.2 Å². The number of carbonyl (C=O) groups excluding carboxylic acids is 1. The highest BCUT2D eigenvalue weighted by atomic mass is 16.5. The number of nitrogens with one attached hydrogen (secondary N) is 1. The Morgan fingerprint density at radius 3 is 2.94 bits per heavy atom. The summed E-state index contributed by atoms with van der Waals surface area (Å²) in [6.07, 6.45) is 4.72. The summed E-state index contributed by atoms with van der Waals surface area (Å²) >= 11 is 0. The maximum Gasteiger partial charge on any atom is 0.340 e. The molecular formula is C12H12N4O2. The van der Waals surface area contributed by atoms with E-state index in [1.165, 1.54) is 19.4 Å². The molecule has 0 unspecified atom stereocenters. The van der Waals surface area contributed by atoms with Gasteiger partial charge < -0.3 is 15.8 Å². The molecule has 0 amide bonds. The van der Waals surface area contributed by atoms with E-state index in [2.05, 4.69) is 20.0 Å². The number of rotatable bonds is 3. The Balaban J connectivity index is 2.27. The van der Waals surface area contributed by atoms with Crippen LogP contribution in [0.1, 0.15) is 10.4 Å². The molecule has 0 bridgehead atoms. The van der Waals surface area contributed by atoms with Crippen molar-refractivity contribution in [3.8, 4) is 0 Å². The number of carbonyl (C=O) groups is 1. The minimum absolute atomic E-state index is 0.276. The fourth-order valence-corrected chi connectivity index (χ4v) is 1.41. The first-order chi connectivity index (χ1) is 8.70. The summed E-state index contributed by atoms with van der Waals surface area (Å²) < 4.78 is 4.64. The standard InChI is InChI=1S/C12H12N4O2/c1-18-12(17)9-5-11(15-7-10(9)13)16-8-3-2-4-14-6-8/h2-7H,13H2,1H3,(H,15,16). The maximum atomic E-state index is 11.5. The van der Waals surface area contributed by atoms with Gasteiger partial charge in [0, 0.05) is 6.20 Å². The van der Waals surface area contributed by atoms with Crippen LogP contribution in [0.4, 0.5) is 17.2 Å². The topological polar surface area (TPSA) is 90.1 Å². The fraction of sp³-hybridized carbons (Fsp3) is 0.0833. The maximum absolute atomic E-state index is 11.5. The molecule has 0 atom stereocenters. The largest absolute Gasteiger partial charge is 0.465 e. The Labute approximate surface area is 104 Å². The molecule has 0 aliphatic carbocycles. The third-order valence-electron chi connectivity index (χ3n) is 2.27. The molecule has 2 rings (SSSR count). The Kier molecular flexibility index (Phi) is 3.38. The van der Waals surface area contributed by atoms with Crippen LogP contribution in [0, 0.1) is 0 Å². The molecule has 0 saturated carbocycles. The van der Waals surface area contributed by atoms with E-state index in [-0.39, 0.29) is 11.3 Å². The van der Waals surface area contributed by atoms with E-state index in [0.29, 0.717) is 5.82 Å². The van der Waals surface area contributed by atoms with Gasteiger partial charge >= 0.3 is 5.97 Å². The number of nitrogen functional groups attached to an aromatic ring is 1. The second-order valence-corrected chi connectivity index (χ2v) is 3.52. The quantitative estimate of drug-likeness (QED) is 0.797. The zero-order chi connectivity index (χ0) is 13.0. The van der Waals surface area contributed by atoms with Gasteiger partial charge in [0.2, 0.25) is 0 Å². The Morgan fingerprint density at radius 1 is 1.44 bits per heavy atom. The Bertz CT molecular complexity index is 557. The molecule has 18 heavy (non-hydrogen) atoms. The lowest BCUT2D eigenvalue weighted by molar-refractivity contribution is 0.0602. The van der Waals surface area contributed by atoms with Crippen molar-refractivity contribution in [2.45, 2.75) is 0 Å². The molecule has 6 heteroatoms. The highest BCUT2D eigenvalue weighted by molar-refractivity contribution is 5.95. The Morgan fingerprint density at radius 2 is 2.28 bits per heavy atom. The van der Waals surface area contributed by atoms with E-state index in [1.54, 1.807) is 18.5 Å². The van der Waals surface area contributed by atoms with E-state index in [0.717, 1.165) is 5.69 Å². The van der Waals surface area contributed by atoms with Crippen molar-refractivity contribution in [3.05, 3.63) is 42.4 Å². The lowest BCUT2D eigenvalue weighted by atomic mass is 10.2. The lowest BCUT2D eigenvalue weighted by Crippen LogP contribution is -2.07. The normalized spacial score (nSPS) is 9.83. The van der Waals surface area contributed by atoms with Gasteiger partial charge in [0.05, 0.1) is 36.4 Å². The van der Waals surface area contributed by atoms with Gasteiger partial charge in [-0.2, -0.15) is 0 Å². The summed E-state index contributed by atoms with van der Waals surface area (Å²) in [5.41, 5.74) is 6.98. The van der Waals surface area contributed by atoms with Crippen molar-refractivity contribution in [1.29, 1.82) is 0 Å². The van der Waals surface area contributed by atoms with Gasteiger partial charge in [0.25, 0.3) is 0 Å². The van der Waals surface area contributed by atoms with E-state index in [4.69, 9.17) is 5.73 Å². The first kappa shape index (κ1) is 11.8. The average Bonchev–Trinajstić information content (AvgIpc) is 2.41. The van der Waals surface area contributed by atoms with Crippen LogP contribution < -0.4 is 11.1 Å². The molecule has 0 radical (unpaired) electrons. The Hall–Kier alpha value is -2.63. The SMILES string of the molecule is COC(=O)c1cc(Nc2cccnc2)ncc1N. The summed E-state index contributed by atoms with van der Waals surface area (Å²) in [4.78, 5) is 19.5. The summed E-state index contributed by atoms with van der Waals surface area (Å²) in [7, 11) is 1.30. The van der Waals surface area contributed by atoms with Crippen molar-refractivity contribution in [2.75, 3.05) is 18.2 Å². The van der Waals surface area contributed by atoms with Crippen molar-refractivity contribution in [3.63, 3.8) is 0 Å². The summed E-state index contributed by atoms with van der Waals surface area (Å²) in [6, 6.07) is 5.16. The van der Waals surface area contributed by atoms with Crippen molar-refractivity contribution < 1.29 is 9.53 Å². The summed E-state index contributed by atoms with van der Waals surface area (Å²) in [6.45, 7) is 0. The zero-order valence-electron chi connectivity index (χ0n) is 9.75. The second kappa shape index (κ2) is 5.13. The number of hydrogen-bond donors (Lipinski definition) is 2. The molecule has 2 aromatic heterocycles. The molecule has 0 aliphatic heterocycles. The van der Waals surface area contributed by atoms with Gasteiger partial charge in [-0.15, -0.1) is 0 Å². The zero-order valence-corrected chi connectivity index (χ0v) is 9.75. The molecule has 3 N–H and O–H groups in total. The number of anilines is 3. The van der Waals surface area contributed by atoms with Gasteiger partial charge in [-0.25, -0.2) is 9.78 Å². The number of esters is 1. The predicted octanol–water partition coefficient (Wildman–Crippen LogP) is 1.59. The van der Waals surface area contributed by atoms with Crippen molar-refractivity contribution in [1.82, 2.24) is 9.97 Å². The van der Waals surface area contributed by atoms with Crippen LogP contribution in [0.25, 0.3) is 0 Å². The van der Waals surface area contributed by atoms with Gasteiger partial charge in [0.1, 0.15) is 5.82 Å². The number of aromatic nitrogens is 2. The molecule has 0 aromatic carbocycles. The molecule has 2 aromatic rings. The smallest absolute Gasteiger partial charge is 0.340 e. The highest BCUT2D eigenvalue weighted by Gasteiger charge is 2.11. The van der Waals surface area contributed by atoms with E-state index >= 15 is 0 Å². The molecule has 6 nitrogen and oxygen atoms in total. The number of hydrogen-bond acceptors (Lipinski definition) is 6. The molecular weight excluding hydrogens is 232 g/mol. The van der Waals surface area contributed by atoms with Crippen LogP contribution in [-0.2, 0) is 4.74 Å². The molecule has 0 aliphatic rings. The third-order valence-corrected chi connectivity index (χ3v) is 2.27. The first-order valence-corrected chi connectivity index (χ1v) is 5.21. The van der Waals surface area contributed by atoms with Gasteiger partial charge in [0.15, 0.2) is 0 Å². The van der Waals surface area contributed by atoms with Crippen LogP contribution in [0.2, 0.25) is 0 Å². The summed E-state index contributed by atoms with van der Waals surface area (Å²) in [5, 5.41) is 3.01. The van der Waals surface area contributed by atoms with Crippen molar-refractivity contribution in [2.24, 2.45) is 0 Å². The lowest BCUT2D eigenvalue weighted by Gasteiger charge is -2.08. The van der Waals surface area contributed by atoms with E-state index in [1.807, 2.05) is 6.07 Å². The second-order valence-electron chi connectivity index (χ2n) is 3.52. The van der Waals surface area contributed by atoms with Crippen molar-refractivity contribution >= 4 is 23.2 Å². The molecule has 0 fully saturated rings. The predicted molar refractivity (Wildman–Crippen MR) is 67.5 cm³/mol. The average molecular weight is 244 g/mol. The summed E-state index contributed by atoms with van der Waals surface area (Å²) in [5.74, 6) is 0.00161. The highest BCUT2D eigenvalue weighted by Crippen LogP contribution is 2.18. The molecule has 0 spiro atoms. The van der Waals surface area contributed by atoms with Crippen LogP contribution in [-0.4, -0.2) is 23.0 Å². The van der Waals surface area contributed by atoms with Gasteiger partial charge in [-0.1, -0.05) is 0 Å². The van der Waals surface area contributed by atoms with E-state index in [9.17, 15) is 4.79 Å². The van der Waals surface area contributed by atoms with Crippen LogP contribution in [0.15, 0.2) is 36.8 Å². The van der Waals surface area contributed by atoms with Crippen LogP contribution >= 0.6 is 0 Å². The third kappa shape index (κ3) is 2.54. The first-order valence-electron chi connectivity index (χ1n) is 5.21. The number of ether oxygens (including phenoxy) is 1. The molecule has 92 valence electrons. The minimum Gasteiger partial charge on any atom is -0.465 e. The fourth-order valence-electron chi connectivity index (χ4n) is 1.41. The van der Waals surface area contributed by atoms with Gasteiger partial charge in [-0.3, -0.25) is 4.98 Å². The van der Waals surface area contributed by atoms with E-state index < -0.39 is 5.97 Å². The molecule has 2 heterocycles. The molecule has 0 saturated heterocycles. The number of nitrogens with two attached hydrogens (primary N) is 1. The van der Waals surface area contributed by atoms with Crippen LogP contribution in [0.5, 0.6) is 0 Å². The number of methoxy groups -OCH3 is 1. The number of nitrogens with zero attached hydrogens (tertiary/aromatic N) is 2.